The number of benzene rings is 3. The number of nitrogens with one attached hydrogen (secondary N) is 1. The first-order chi connectivity index (χ1) is 15.6. The fourth-order valence-corrected chi connectivity index (χ4v) is 4.32. The van der Waals surface area contributed by atoms with Crippen molar-refractivity contribution in [2.45, 2.75) is 12.5 Å². The molecule has 0 saturated carbocycles. The van der Waals surface area contributed by atoms with E-state index in [9.17, 15) is 4.79 Å². The number of hydrogen-bond acceptors (Lipinski definition) is 5. The predicted molar refractivity (Wildman–Crippen MR) is 125 cm³/mol. The first-order valence-corrected chi connectivity index (χ1v) is 10.6. The monoisotopic (exact) mass is 432 g/mol. The van der Waals surface area contributed by atoms with Gasteiger partial charge in [-0.3, -0.25) is 9.69 Å². The third kappa shape index (κ3) is 4.41. The van der Waals surface area contributed by atoms with E-state index in [0.717, 1.165) is 29.8 Å². The first kappa shape index (κ1) is 21.7. The fourth-order valence-electron chi connectivity index (χ4n) is 4.32. The summed E-state index contributed by atoms with van der Waals surface area (Å²) in [4.78, 5) is 15.2. The number of anilines is 1. The first-order valence-electron chi connectivity index (χ1n) is 10.6. The Morgan fingerprint density at radius 3 is 2.28 bits per heavy atom. The second-order valence-electron chi connectivity index (χ2n) is 7.69. The second-order valence-corrected chi connectivity index (χ2v) is 7.69. The van der Waals surface area contributed by atoms with Crippen molar-refractivity contribution in [3.63, 3.8) is 0 Å². The Morgan fingerprint density at radius 2 is 1.56 bits per heavy atom. The molecule has 0 bridgehead atoms. The van der Waals surface area contributed by atoms with Gasteiger partial charge >= 0.3 is 0 Å². The molecule has 0 saturated heterocycles. The third-order valence-corrected chi connectivity index (χ3v) is 5.82. The van der Waals surface area contributed by atoms with Crippen LogP contribution in [0.15, 0.2) is 66.7 Å². The van der Waals surface area contributed by atoms with Gasteiger partial charge in [0.2, 0.25) is 5.91 Å². The van der Waals surface area contributed by atoms with Gasteiger partial charge in [-0.25, -0.2) is 0 Å². The van der Waals surface area contributed by atoms with Crippen molar-refractivity contribution in [1.29, 1.82) is 0 Å². The van der Waals surface area contributed by atoms with Crippen molar-refractivity contribution in [2.24, 2.45) is 0 Å². The van der Waals surface area contributed by atoms with E-state index in [-0.39, 0.29) is 18.5 Å². The molecule has 1 aliphatic heterocycles. The van der Waals surface area contributed by atoms with Crippen LogP contribution in [0.25, 0.3) is 0 Å². The molecule has 166 valence electrons. The van der Waals surface area contributed by atoms with Gasteiger partial charge in [-0.05, 0) is 47.4 Å². The average Bonchev–Trinajstić information content (AvgIpc) is 2.83. The van der Waals surface area contributed by atoms with Gasteiger partial charge in [-0.15, -0.1) is 0 Å². The molecule has 0 unspecified atom stereocenters. The molecular formula is C26H28N2O4. The number of fused-ring (bicyclic) bond motifs is 1. The van der Waals surface area contributed by atoms with Crippen LogP contribution >= 0.6 is 0 Å². The zero-order valence-corrected chi connectivity index (χ0v) is 18.6. The molecule has 1 N–H and O–H groups in total. The summed E-state index contributed by atoms with van der Waals surface area (Å²) in [6.45, 7) is 1.01. The van der Waals surface area contributed by atoms with Crippen LogP contribution < -0.4 is 19.5 Å². The lowest BCUT2D eigenvalue weighted by molar-refractivity contribution is -0.117. The van der Waals surface area contributed by atoms with Crippen LogP contribution in [0, 0.1) is 0 Å². The Hall–Kier alpha value is -3.51. The maximum Gasteiger partial charge on any atom is 0.238 e. The molecule has 1 amide bonds. The number of rotatable bonds is 7. The fraction of sp³-hybridized carbons (Fsp3) is 0.269. The Kier molecular flexibility index (Phi) is 6.61. The van der Waals surface area contributed by atoms with Gasteiger partial charge in [0, 0.05) is 6.54 Å². The van der Waals surface area contributed by atoms with Crippen LogP contribution in [0.3, 0.4) is 0 Å². The number of amides is 1. The quantitative estimate of drug-likeness (QED) is 0.603. The van der Waals surface area contributed by atoms with Gasteiger partial charge in [0.15, 0.2) is 11.5 Å². The molecule has 0 aromatic heterocycles. The minimum atomic E-state index is -0.0839. The predicted octanol–water partition coefficient (Wildman–Crippen LogP) is 4.30. The Bertz CT molecular complexity index is 1080. The number of nitrogens with zero attached hydrogens (tertiary/aromatic N) is 1. The van der Waals surface area contributed by atoms with Crippen molar-refractivity contribution in [3.05, 3.63) is 83.4 Å². The van der Waals surface area contributed by atoms with E-state index in [1.165, 1.54) is 5.56 Å². The number of ether oxygens (including phenoxy) is 3. The average molecular weight is 433 g/mol. The van der Waals surface area contributed by atoms with E-state index in [4.69, 9.17) is 14.2 Å². The zero-order valence-electron chi connectivity index (χ0n) is 18.6. The summed E-state index contributed by atoms with van der Waals surface area (Å²) < 4.78 is 16.4. The normalized spacial score (nSPS) is 15.5. The maximum absolute atomic E-state index is 13.0. The van der Waals surface area contributed by atoms with Gasteiger partial charge in [-0.1, -0.05) is 42.5 Å². The summed E-state index contributed by atoms with van der Waals surface area (Å²) in [5.41, 5.74) is 4.13. The second kappa shape index (κ2) is 9.75. The number of hydrogen-bond donors (Lipinski definition) is 1. The summed E-state index contributed by atoms with van der Waals surface area (Å²) in [5.74, 6) is 1.97. The SMILES string of the molecule is COc1ccccc1NC(=O)CN1CCc2cc(OC)c(OC)cc2[C@H]1c1ccccc1. The molecule has 1 atom stereocenters. The van der Waals surface area contributed by atoms with Gasteiger partial charge in [0.1, 0.15) is 5.75 Å². The van der Waals surface area contributed by atoms with E-state index in [1.54, 1.807) is 21.3 Å². The highest BCUT2D eigenvalue weighted by Gasteiger charge is 2.31. The van der Waals surface area contributed by atoms with E-state index in [2.05, 4.69) is 28.4 Å². The molecule has 0 fully saturated rings. The lowest BCUT2D eigenvalue weighted by Gasteiger charge is -2.37. The minimum Gasteiger partial charge on any atom is -0.495 e. The molecule has 1 aliphatic rings. The van der Waals surface area contributed by atoms with Crippen molar-refractivity contribution in [3.8, 4) is 17.2 Å². The van der Waals surface area contributed by atoms with Crippen LogP contribution in [0.2, 0.25) is 0 Å². The highest BCUT2D eigenvalue weighted by Crippen LogP contribution is 2.40. The molecule has 3 aromatic rings. The Morgan fingerprint density at radius 1 is 0.906 bits per heavy atom. The summed E-state index contributed by atoms with van der Waals surface area (Å²) in [5, 5.41) is 3.00. The molecule has 3 aromatic carbocycles. The number of carbonyl (C=O) groups excluding carboxylic acids is 1. The maximum atomic E-state index is 13.0. The van der Waals surface area contributed by atoms with Gasteiger partial charge in [-0.2, -0.15) is 0 Å². The Balaban J connectivity index is 1.65. The van der Waals surface area contributed by atoms with Crippen LogP contribution in [-0.4, -0.2) is 45.2 Å². The molecule has 0 aliphatic carbocycles. The molecule has 6 heteroatoms. The molecule has 4 rings (SSSR count). The van der Waals surface area contributed by atoms with Crippen LogP contribution in [0.4, 0.5) is 5.69 Å². The topological polar surface area (TPSA) is 60.0 Å². The number of para-hydroxylation sites is 2. The molecular weight excluding hydrogens is 404 g/mol. The van der Waals surface area contributed by atoms with Crippen molar-refractivity contribution in [2.75, 3.05) is 39.7 Å². The van der Waals surface area contributed by atoms with Gasteiger partial charge in [0.25, 0.3) is 0 Å². The van der Waals surface area contributed by atoms with Crippen LogP contribution in [-0.2, 0) is 11.2 Å². The number of carbonyl (C=O) groups is 1. The summed E-state index contributed by atoms with van der Waals surface area (Å²) >= 11 is 0. The highest BCUT2D eigenvalue weighted by atomic mass is 16.5. The number of methoxy groups -OCH3 is 3. The van der Waals surface area contributed by atoms with Crippen molar-refractivity contribution >= 4 is 11.6 Å². The molecule has 32 heavy (non-hydrogen) atoms. The molecule has 0 spiro atoms. The lowest BCUT2D eigenvalue weighted by Crippen LogP contribution is -2.41. The van der Waals surface area contributed by atoms with Crippen molar-refractivity contribution in [1.82, 2.24) is 4.90 Å². The smallest absolute Gasteiger partial charge is 0.238 e. The molecule has 6 nitrogen and oxygen atoms in total. The van der Waals surface area contributed by atoms with E-state index >= 15 is 0 Å². The lowest BCUT2D eigenvalue weighted by atomic mass is 9.87. The van der Waals surface area contributed by atoms with E-state index in [0.29, 0.717) is 17.2 Å². The third-order valence-electron chi connectivity index (χ3n) is 5.82. The van der Waals surface area contributed by atoms with Gasteiger partial charge < -0.3 is 19.5 Å². The van der Waals surface area contributed by atoms with Crippen LogP contribution in [0.1, 0.15) is 22.7 Å². The summed E-state index contributed by atoms with van der Waals surface area (Å²) in [6, 6.07) is 21.7. The largest absolute Gasteiger partial charge is 0.495 e. The molecule has 1 heterocycles. The summed E-state index contributed by atoms with van der Waals surface area (Å²) in [7, 11) is 4.89. The van der Waals surface area contributed by atoms with Gasteiger partial charge in [0.05, 0.1) is 39.6 Å². The minimum absolute atomic E-state index is 0.0665. The van der Waals surface area contributed by atoms with E-state index in [1.807, 2.05) is 48.5 Å². The molecule has 0 radical (unpaired) electrons. The van der Waals surface area contributed by atoms with E-state index < -0.39 is 0 Å². The summed E-state index contributed by atoms with van der Waals surface area (Å²) in [6.07, 6.45) is 0.820. The van der Waals surface area contributed by atoms with Crippen molar-refractivity contribution < 1.29 is 19.0 Å². The standard InChI is InChI=1S/C26H28N2O4/c1-30-22-12-8-7-11-21(22)27-25(29)17-28-14-13-19-15-23(31-2)24(32-3)16-20(19)26(28)18-9-5-4-6-10-18/h4-12,15-16,26H,13-14,17H2,1-3H3,(H,27,29)/t26-/m1/s1. The zero-order chi connectivity index (χ0) is 22.5. The highest BCUT2D eigenvalue weighted by molar-refractivity contribution is 5.93. The Labute approximate surface area is 188 Å². The van der Waals surface area contributed by atoms with Crippen LogP contribution in [0.5, 0.6) is 17.2 Å².